The lowest BCUT2D eigenvalue weighted by Crippen LogP contribution is -2.05. The largest absolute Gasteiger partial charge is 0.192 e. The van der Waals surface area contributed by atoms with Crippen LogP contribution in [-0.2, 0) is 12.8 Å². The third kappa shape index (κ3) is 3.71. The molecule has 0 N–H and O–H groups in total. The number of nitriles is 1. The van der Waals surface area contributed by atoms with Crippen molar-refractivity contribution in [2.75, 3.05) is 5.75 Å². The highest BCUT2D eigenvalue weighted by Gasteiger charge is 2.14. The molecule has 1 rings (SSSR count). The molecule has 0 saturated heterocycles. The Kier molecular flexibility index (Phi) is 6.14. The predicted octanol–water partition coefficient (Wildman–Crippen LogP) is 3.61. The topological polar surface area (TPSA) is 49.6 Å². The monoisotopic (exact) mass is 263 g/mol. The summed E-state index contributed by atoms with van der Waals surface area (Å²) in [5, 5.41) is 18.6. The molecule has 0 atom stereocenters. The zero-order chi connectivity index (χ0) is 13.5. The molecule has 3 nitrogen and oxygen atoms in total. The Morgan fingerprint density at radius 2 is 1.94 bits per heavy atom. The summed E-state index contributed by atoms with van der Waals surface area (Å²) < 4.78 is 0. The summed E-state index contributed by atoms with van der Waals surface area (Å²) in [6, 6.07) is 2.30. The van der Waals surface area contributed by atoms with Crippen molar-refractivity contribution in [2.45, 2.75) is 52.0 Å². The van der Waals surface area contributed by atoms with Gasteiger partial charge in [-0.05, 0) is 36.5 Å². The molecule has 1 aromatic heterocycles. The molecule has 1 aromatic rings. The summed E-state index contributed by atoms with van der Waals surface area (Å²) in [5.41, 5.74) is 2.77. The smallest absolute Gasteiger partial charge is 0.137 e. The van der Waals surface area contributed by atoms with Gasteiger partial charge in [0.15, 0.2) is 0 Å². The van der Waals surface area contributed by atoms with Crippen molar-refractivity contribution >= 4 is 11.8 Å². The third-order valence-electron chi connectivity index (χ3n) is 2.86. The van der Waals surface area contributed by atoms with E-state index < -0.39 is 0 Å². The number of nitrogens with zero attached hydrogens (tertiary/aromatic N) is 3. The average Bonchev–Trinajstić information content (AvgIpc) is 2.37. The zero-order valence-electron chi connectivity index (χ0n) is 11.7. The first-order valence-electron chi connectivity index (χ1n) is 6.55. The first-order valence-corrected chi connectivity index (χ1v) is 7.53. The Morgan fingerprint density at radius 1 is 1.22 bits per heavy atom. The summed E-state index contributed by atoms with van der Waals surface area (Å²) in [6.07, 6.45) is 2.81. The molecule has 0 aliphatic carbocycles. The van der Waals surface area contributed by atoms with E-state index in [0.717, 1.165) is 46.9 Å². The van der Waals surface area contributed by atoms with Crippen LogP contribution < -0.4 is 0 Å². The lowest BCUT2D eigenvalue weighted by molar-refractivity contribution is 0.631. The van der Waals surface area contributed by atoms with Gasteiger partial charge in [0, 0.05) is 0 Å². The lowest BCUT2D eigenvalue weighted by atomic mass is 10.1. The number of aryl methyl sites for hydroxylation is 1. The second kappa shape index (κ2) is 7.38. The highest BCUT2D eigenvalue weighted by atomic mass is 32.2. The van der Waals surface area contributed by atoms with Crippen molar-refractivity contribution in [1.29, 1.82) is 5.26 Å². The van der Waals surface area contributed by atoms with Crippen LogP contribution in [0.5, 0.6) is 0 Å². The SMILES string of the molecule is CCc1nnc(SCCC(C)C)c(C#N)c1CC. The van der Waals surface area contributed by atoms with E-state index in [1.807, 2.05) is 0 Å². The summed E-state index contributed by atoms with van der Waals surface area (Å²) in [5.74, 6) is 1.67. The number of thioether (sulfide) groups is 1. The first-order chi connectivity index (χ1) is 8.63. The van der Waals surface area contributed by atoms with E-state index in [-0.39, 0.29) is 0 Å². The fourth-order valence-electron chi connectivity index (χ4n) is 1.76. The minimum atomic E-state index is 0.677. The van der Waals surface area contributed by atoms with E-state index >= 15 is 0 Å². The molecule has 0 spiro atoms. The molecular weight excluding hydrogens is 242 g/mol. The second-order valence-corrected chi connectivity index (χ2v) is 5.74. The maximum atomic E-state index is 9.33. The van der Waals surface area contributed by atoms with Gasteiger partial charge in [-0.3, -0.25) is 0 Å². The van der Waals surface area contributed by atoms with Gasteiger partial charge in [0.2, 0.25) is 0 Å². The van der Waals surface area contributed by atoms with Crippen molar-refractivity contribution in [2.24, 2.45) is 5.92 Å². The van der Waals surface area contributed by atoms with Gasteiger partial charge in [-0.25, -0.2) is 0 Å². The number of aromatic nitrogens is 2. The van der Waals surface area contributed by atoms with E-state index in [9.17, 15) is 5.26 Å². The van der Waals surface area contributed by atoms with Crippen LogP contribution in [0.25, 0.3) is 0 Å². The van der Waals surface area contributed by atoms with Crippen molar-refractivity contribution in [1.82, 2.24) is 10.2 Å². The van der Waals surface area contributed by atoms with E-state index in [1.54, 1.807) is 11.8 Å². The van der Waals surface area contributed by atoms with Crippen LogP contribution in [0.15, 0.2) is 5.03 Å². The third-order valence-corrected chi connectivity index (χ3v) is 3.86. The molecule has 0 bridgehead atoms. The van der Waals surface area contributed by atoms with Gasteiger partial charge in [-0.15, -0.1) is 16.9 Å². The summed E-state index contributed by atoms with van der Waals surface area (Å²) in [7, 11) is 0. The van der Waals surface area contributed by atoms with E-state index in [0.29, 0.717) is 5.92 Å². The molecule has 0 fully saturated rings. The van der Waals surface area contributed by atoms with Gasteiger partial charge in [-0.2, -0.15) is 10.4 Å². The first kappa shape index (κ1) is 15.0. The lowest BCUT2D eigenvalue weighted by Gasteiger charge is -2.10. The predicted molar refractivity (Wildman–Crippen MR) is 75.7 cm³/mol. The zero-order valence-corrected chi connectivity index (χ0v) is 12.5. The Labute approximate surface area is 114 Å². The number of rotatable bonds is 6. The van der Waals surface area contributed by atoms with Crippen LogP contribution in [0.2, 0.25) is 0 Å². The standard InChI is InChI=1S/C14H21N3S/c1-5-11-12(9-15)14(17-16-13(11)6-2)18-8-7-10(3)4/h10H,5-8H2,1-4H3. The van der Waals surface area contributed by atoms with E-state index in [2.05, 4.69) is 44.0 Å². The molecule has 98 valence electrons. The quantitative estimate of drug-likeness (QED) is 0.736. The van der Waals surface area contributed by atoms with Crippen LogP contribution in [-0.4, -0.2) is 16.0 Å². The van der Waals surface area contributed by atoms with Gasteiger partial charge >= 0.3 is 0 Å². The highest BCUT2D eigenvalue weighted by molar-refractivity contribution is 7.99. The molecule has 0 aromatic carbocycles. The summed E-state index contributed by atoms with van der Waals surface area (Å²) in [6.45, 7) is 8.53. The average molecular weight is 263 g/mol. The molecule has 0 radical (unpaired) electrons. The van der Waals surface area contributed by atoms with Crippen molar-refractivity contribution in [3.63, 3.8) is 0 Å². The summed E-state index contributed by atoms with van der Waals surface area (Å²) >= 11 is 1.65. The van der Waals surface area contributed by atoms with Crippen LogP contribution in [0.1, 0.15) is 50.9 Å². The van der Waals surface area contributed by atoms with E-state index in [4.69, 9.17) is 0 Å². The van der Waals surface area contributed by atoms with Crippen molar-refractivity contribution in [3.8, 4) is 6.07 Å². The molecule has 0 aliphatic rings. The van der Waals surface area contributed by atoms with Gasteiger partial charge in [-0.1, -0.05) is 27.7 Å². The Bertz CT molecular complexity index is 435. The molecule has 18 heavy (non-hydrogen) atoms. The number of hydrogen-bond donors (Lipinski definition) is 0. The molecule has 4 heteroatoms. The van der Waals surface area contributed by atoms with Crippen LogP contribution >= 0.6 is 11.8 Å². The normalized spacial score (nSPS) is 10.7. The van der Waals surface area contributed by atoms with Gasteiger partial charge in [0.05, 0.1) is 11.3 Å². The summed E-state index contributed by atoms with van der Waals surface area (Å²) in [4.78, 5) is 0. The molecule has 1 heterocycles. The van der Waals surface area contributed by atoms with Crippen molar-refractivity contribution < 1.29 is 0 Å². The fourth-order valence-corrected chi connectivity index (χ4v) is 2.96. The van der Waals surface area contributed by atoms with Crippen molar-refractivity contribution in [3.05, 3.63) is 16.8 Å². The Hall–Kier alpha value is -1.08. The fraction of sp³-hybridized carbons (Fsp3) is 0.643. The molecule has 0 aliphatic heterocycles. The molecular formula is C14H21N3S. The van der Waals surface area contributed by atoms with Gasteiger partial charge in [0.25, 0.3) is 0 Å². The number of hydrogen-bond acceptors (Lipinski definition) is 4. The second-order valence-electron chi connectivity index (χ2n) is 4.66. The van der Waals surface area contributed by atoms with Gasteiger partial charge in [0.1, 0.15) is 11.1 Å². The minimum absolute atomic E-state index is 0.677. The molecule has 0 saturated carbocycles. The van der Waals surface area contributed by atoms with Crippen LogP contribution in [0.3, 0.4) is 0 Å². The maximum absolute atomic E-state index is 9.33. The Balaban J connectivity index is 2.95. The Morgan fingerprint density at radius 3 is 2.44 bits per heavy atom. The minimum Gasteiger partial charge on any atom is -0.192 e. The molecule has 0 amide bonds. The van der Waals surface area contributed by atoms with E-state index in [1.165, 1.54) is 0 Å². The van der Waals surface area contributed by atoms with Crippen LogP contribution in [0.4, 0.5) is 0 Å². The maximum Gasteiger partial charge on any atom is 0.137 e. The van der Waals surface area contributed by atoms with Crippen LogP contribution in [0, 0.1) is 17.2 Å². The highest BCUT2D eigenvalue weighted by Crippen LogP contribution is 2.25. The van der Waals surface area contributed by atoms with Gasteiger partial charge < -0.3 is 0 Å². The molecule has 0 unspecified atom stereocenters.